The summed E-state index contributed by atoms with van der Waals surface area (Å²) in [5.41, 5.74) is 2.22. The number of aromatic nitrogens is 4. The predicted molar refractivity (Wildman–Crippen MR) is 103 cm³/mol. The molecule has 140 valence electrons. The summed E-state index contributed by atoms with van der Waals surface area (Å²) in [5.74, 6) is 1.21. The van der Waals surface area contributed by atoms with Crippen LogP contribution < -0.4 is 10.1 Å². The van der Waals surface area contributed by atoms with Crippen molar-refractivity contribution in [1.29, 1.82) is 0 Å². The third-order valence-corrected chi connectivity index (χ3v) is 4.74. The van der Waals surface area contributed by atoms with E-state index in [1.54, 1.807) is 37.0 Å². The van der Waals surface area contributed by atoms with E-state index in [1.807, 2.05) is 24.3 Å². The number of ether oxygens (including phenoxy) is 1. The highest BCUT2D eigenvalue weighted by Crippen LogP contribution is 2.23. The van der Waals surface area contributed by atoms with Gasteiger partial charge < -0.3 is 14.6 Å². The van der Waals surface area contributed by atoms with Crippen LogP contribution in [0.1, 0.15) is 15.4 Å². The predicted octanol–water partition coefficient (Wildman–Crippen LogP) is 3.19. The first-order valence-electron chi connectivity index (χ1n) is 8.34. The summed E-state index contributed by atoms with van der Waals surface area (Å²) in [6.45, 7) is 0.393. The molecule has 1 amide bonds. The number of nitrogens with one attached hydrogen (secondary N) is 1. The van der Waals surface area contributed by atoms with Gasteiger partial charge in [-0.2, -0.15) is 4.98 Å². The molecule has 8 nitrogen and oxygen atoms in total. The molecule has 0 spiro atoms. The third kappa shape index (κ3) is 3.89. The number of thiazole rings is 1. The fraction of sp³-hybridized carbons (Fsp3) is 0.105. The Morgan fingerprint density at radius 1 is 1.14 bits per heavy atom. The van der Waals surface area contributed by atoms with Crippen LogP contribution in [0.4, 0.5) is 0 Å². The Bertz CT molecular complexity index is 1080. The second kappa shape index (κ2) is 7.97. The molecule has 0 bridgehead atoms. The van der Waals surface area contributed by atoms with Crippen LogP contribution in [0.5, 0.6) is 5.75 Å². The average molecular weight is 393 g/mol. The van der Waals surface area contributed by atoms with Crippen molar-refractivity contribution in [3.8, 4) is 28.7 Å². The van der Waals surface area contributed by atoms with E-state index in [-0.39, 0.29) is 11.8 Å². The van der Waals surface area contributed by atoms with Gasteiger partial charge in [0.15, 0.2) is 5.01 Å². The van der Waals surface area contributed by atoms with Gasteiger partial charge in [0.05, 0.1) is 7.11 Å². The van der Waals surface area contributed by atoms with E-state index in [9.17, 15) is 4.79 Å². The number of amides is 1. The lowest BCUT2D eigenvalue weighted by molar-refractivity contribution is 0.0950. The van der Waals surface area contributed by atoms with Crippen molar-refractivity contribution in [2.24, 2.45) is 0 Å². The number of carbonyl (C=O) groups is 1. The minimum Gasteiger partial charge on any atom is -0.497 e. The van der Waals surface area contributed by atoms with Crippen molar-refractivity contribution in [3.05, 3.63) is 64.7 Å². The molecule has 0 radical (unpaired) electrons. The highest BCUT2D eigenvalue weighted by Gasteiger charge is 2.17. The number of hydrogen-bond acceptors (Lipinski definition) is 8. The fourth-order valence-electron chi connectivity index (χ4n) is 2.42. The summed E-state index contributed by atoms with van der Waals surface area (Å²) in [6.07, 6.45) is 3.30. The van der Waals surface area contributed by atoms with Crippen molar-refractivity contribution in [3.63, 3.8) is 0 Å². The quantitative estimate of drug-likeness (QED) is 0.536. The van der Waals surface area contributed by atoms with Crippen LogP contribution in [0, 0.1) is 0 Å². The lowest BCUT2D eigenvalue weighted by atomic mass is 10.2. The topological polar surface area (TPSA) is 103 Å². The van der Waals surface area contributed by atoms with Crippen LogP contribution in [0.3, 0.4) is 0 Å². The van der Waals surface area contributed by atoms with Gasteiger partial charge >= 0.3 is 0 Å². The van der Waals surface area contributed by atoms with Gasteiger partial charge in [-0.25, -0.2) is 4.98 Å². The molecule has 1 aromatic carbocycles. The molecule has 0 saturated heterocycles. The second-order valence-corrected chi connectivity index (χ2v) is 6.59. The van der Waals surface area contributed by atoms with E-state index in [0.717, 1.165) is 16.9 Å². The molecule has 4 aromatic rings. The maximum absolute atomic E-state index is 12.4. The molecule has 28 heavy (non-hydrogen) atoms. The fourth-order valence-corrected chi connectivity index (χ4v) is 3.13. The average Bonchev–Trinajstić information content (AvgIpc) is 3.43. The number of carbonyl (C=O) groups excluding carboxylic acids is 1. The molecule has 0 unspecified atom stereocenters. The lowest BCUT2D eigenvalue weighted by Crippen LogP contribution is -2.22. The van der Waals surface area contributed by atoms with E-state index in [1.165, 1.54) is 11.3 Å². The summed E-state index contributed by atoms with van der Waals surface area (Å²) < 4.78 is 10.4. The first-order valence-corrected chi connectivity index (χ1v) is 9.22. The molecule has 0 atom stereocenters. The number of hydrogen-bond donors (Lipinski definition) is 1. The Morgan fingerprint density at radius 3 is 2.68 bits per heavy atom. The molecular weight excluding hydrogens is 378 g/mol. The number of pyridine rings is 1. The molecule has 0 saturated carbocycles. The lowest BCUT2D eigenvalue weighted by Gasteiger charge is -2.04. The Labute approximate surface area is 164 Å². The Hall–Kier alpha value is -3.59. The molecule has 9 heteroatoms. The van der Waals surface area contributed by atoms with E-state index >= 15 is 0 Å². The Kier molecular flexibility index (Phi) is 5.07. The van der Waals surface area contributed by atoms with Gasteiger partial charge in [0.1, 0.15) is 11.4 Å². The number of nitrogens with zero attached hydrogens (tertiary/aromatic N) is 4. The summed E-state index contributed by atoms with van der Waals surface area (Å²) >= 11 is 1.22. The van der Waals surface area contributed by atoms with Crippen molar-refractivity contribution >= 4 is 17.2 Å². The number of methoxy groups -OCH3 is 1. The van der Waals surface area contributed by atoms with Crippen LogP contribution >= 0.6 is 11.3 Å². The van der Waals surface area contributed by atoms with Crippen LogP contribution in [-0.4, -0.2) is 33.1 Å². The van der Waals surface area contributed by atoms with Gasteiger partial charge in [-0.1, -0.05) is 17.3 Å². The molecule has 0 fully saturated rings. The standard InChI is InChI=1S/C19H15N5O3S/c1-26-14-4-2-12(3-5-14)10-21-17(25)19-22-15(11-28-19)18-23-16(24-27-18)13-6-8-20-9-7-13/h2-9,11H,10H2,1H3,(H,21,25). The first kappa shape index (κ1) is 17.8. The van der Waals surface area contributed by atoms with Crippen LogP contribution in [-0.2, 0) is 6.54 Å². The highest BCUT2D eigenvalue weighted by molar-refractivity contribution is 7.12. The normalized spacial score (nSPS) is 10.6. The van der Waals surface area contributed by atoms with Gasteiger partial charge in [-0.05, 0) is 29.8 Å². The summed E-state index contributed by atoms with van der Waals surface area (Å²) in [6, 6.07) is 11.1. The largest absolute Gasteiger partial charge is 0.497 e. The Morgan fingerprint density at radius 2 is 1.93 bits per heavy atom. The zero-order valence-corrected chi connectivity index (χ0v) is 15.6. The van der Waals surface area contributed by atoms with Gasteiger partial charge in [-0.3, -0.25) is 9.78 Å². The SMILES string of the molecule is COc1ccc(CNC(=O)c2nc(-c3nc(-c4ccncc4)no3)cs2)cc1. The number of rotatable bonds is 6. The zero-order valence-electron chi connectivity index (χ0n) is 14.8. The van der Waals surface area contributed by atoms with E-state index in [2.05, 4.69) is 25.4 Å². The minimum absolute atomic E-state index is 0.261. The molecule has 0 aliphatic rings. The molecular formula is C19H15N5O3S. The summed E-state index contributed by atoms with van der Waals surface area (Å²) in [7, 11) is 1.61. The van der Waals surface area contributed by atoms with Crippen molar-refractivity contribution in [1.82, 2.24) is 25.4 Å². The van der Waals surface area contributed by atoms with Crippen LogP contribution in [0.2, 0.25) is 0 Å². The minimum atomic E-state index is -0.263. The molecule has 0 aliphatic carbocycles. The molecule has 3 heterocycles. The van der Waals surface area contributed by atoms with Gasteiger partial charge in [0, 0.05) is 29.9 Å². The van der Waals surface area contributed by atoms with E-state index in [4.69, 9.17) is 9.26 Å². The molecule has 1 N–H and O–H groups in total. The molecule has 0 aliphatic heterocycles. The first-order chi connectivity index (χ1) is 13.7. The number of benzene rings is 1. The maximum Gasteiger partial charge on any atom is 0.280 e. The van der Waals surface area contributed by atoms with Gasteiger partial charge in [0.2, 0.25) is 5.82 Å². The van der Waals surface area contributed by atoms with Crippen molar-refractivity contribution in [2.75, 3.05) is 7.11 Å². The van der Waals surface area contributed by atoms with Crippen LogP contribution in [0.25, 0.3) is 23.0 Å². The highest BCUT2D eigenvalue weighted by atomic mass is 32.1. The maximum atomic E-state index is 12.4. The second-order valence-electron chi connectivity index (χ2n) is 5.73. The van der Waals surface area contributed by atoms with E-state index < -0.39 is 0 Å². The summed E-state index contributed by atoms with van der Waals surface area (Å²) in [5, 5.41) is 8.83. The Balaban J connectivity index is 1.42. The zero-order chi connectivity index (χ0) is 19.3. The van der Waals surface area contributed by atoms with E-state index in [0.29, 0.717) is 23.1 Å². The van der Waals surface area contributed by atoms with Crippen molar-refractivity contribution in [2.45, 2.75) is 6.54 Å². The molecule has 4 rings (SSSR count). The smallest absolute Gasteiger partial charge is 0.280 e. The summed E-state index contributed by atoms with van der Waals surface area (Å²) in [4.78, 5) is 24.9. The van der Waals surface area contributed by atoms with Crippen molar-refractivity contribution < 1.29 is 14.1 Å². The van der Waals surface area contributed by atoms with Crippen LogP contribution in [0.15, 0.2) is 58.7 Å². The monoisotopic (exact) mass is 393 g/mol. The van der Waals surface area contributed by atoms with Gasteiger partial charge in [0.25, 0.3) is 11.8 Å². The molecule has 3 aromatic heterocycles. The third-order valence-electron chi connectivity index (χ3n) is 3.89. The van der Waals surface area contributed by atoms with Gasteiger partial charge in [-0.15, -0.1) is 11.3 Å².